The smallest absolute Gasteiger partial charge is 0.119 e. The van der Waals surface area contributed by atoms with Gasteiger partial charge in [0, 0.05) is 5.75 Å². The Kier molecular flexibility index (Phi) is 3.23. The first-order chi connectivity index (χ1) is 5.74. The van der Waals surface area contributed by atoms with E-state index in [0.29, 0.717) is 11.5 Å². The van der Waals surface area contributed by atoms with Crippen molar-refractivity contribution < 1.29 is 5.11 Å². The predicted octanol–water partition coefficient (Wildman–Crippen LogP) is 2.64. The van der Waals surface area contributed by atoms with E-state index in [1.54, 1.807) is 6.07 Å². The highest BCUT2D eigenvalue weighted by atomic mass is 32.1. The zero-order valence-electron chi connectivity index (χ0n) is 6.99. The highest BCUT2D eigenvalue weighted by Gasteiger charge is 1.94. The van der Waals surface area contributed by atoms with Crippen molar-refractivity contribution >= 4 is 18.7 Å². The molecule has 0 aliphatic rings. The third-order valence-electron chi connectivity index (χ3n) is 1.65. The third-order valence-corrected chi connectivity index (χ3v) is 1.86. The number of rotatable bonds is 2. The van der Waals surface area contributed by atoms with E-state index in [9.17, 15) is 5.11 Å². The van der Waals surface area contributed by atoms with Crippen molar-refractivity contribution in [1.82, 2.24) is 0 Å². The Bertz CT molecular complexity index is 292. The van der Waals surface area contributed by atoms with Crippen LogP contribution in [-0.4, -0.2) is 10.9 Å². The minimum atomic E-state index is 0.344. The van der Waals surface area contributed by atoms with Crippen molar-refractivity contribution in [3.8, 4) is 5.75 Å². The van der Waals surface area contributed by atoms with Gasteiger partial charge in [-0.25, -0.2) is 0 Å². The first kappa shape index (κ1) is 9.20. The third kappa shape index (κ3) is 2.31. The molecule has 0 radical (unpaired) electrons. The second kappa shape index (κ2) is 4.21. The molecule has 1 rings (SSSR count). The van der Waals surface area contributed by atoms with Crippen molar-refractivity contribution in [3.05, 3.63) is 35.4 Å². The summed E-state index contributed by atoms with van der Waals surface area (Å²) in [5, 5.41) is 9.35. The van der Waals surface area contributed by atoms with Crippen LogP contribution in [0.15, 0.2) is 24.3 Å². The highest BCUT2D eigenvalue weighted by molar-refractivity contribution is 7.80. The first-order valence-electron chi connectivity index (χ1n) is 3.81. The number of hydrogen-bond acceptors (Lipinski definition) is 2. The van der Waals surface area contributed by atoms with Crippen LogP contribution in [0.5, 0.6) is 5.75 Å². The topological polar surface area (TPSA) is 20.2 Å². The van der Waals surface area contributed by atoms with Gasteiger partial charge >= 0.3 is 0 Å². The standard InChI is InChI=1S/C10H12OS/c1-8-4-5-9(3-2-6-12)7-10(8)11/h2-5,7,11-12H,6H2,1H3. The maximum absolute atomic E-state index is 9.35. The Morgan fingerprint density at radius 2 is 2.25 bits per heavy atom. The Balaban J connectivity index is 2.89. The summed E-state index contributed by atoms with van der Waals surface area (Å²) >= 11 is 4.05. The summed E-state index contributed by atoms with van der Waals surface area (Å²) in [5.41, 5.74) is 1.91. The molecule has 1 N–H and O–H groups in total. The van der Waals surface area contributed by atoms with Crippen molar-refractivity contribution in [2.24, 2.45) is 0 Å². The second-order valence-electron chi connectivity index (χ2n) is 2.63. The molecule has 0 spiro atoms. The molecule has 64 valence electrons. The normalized spacial score (nSPS) is 10.8. The van der Waals surface area contributed by atoms with Crippen molar-refractivity contribution in [1.29, 1.82) is 0 Å². The number of hydrogen-bond donors (Lipinski definition) is 2. The maximum Gasteiger partial charge on any atom is 0.119 e. The number of thiol groups is 1. The predicted molar refractivity (Wildman–Crippen MR) is 55.7 cm³/mol. The number of aromatic hydroxyl groups is 1. The lowest BCUT2D eigenvalue weighted by atomic mass is 10.1. The fourth-order valence-corrected chi connectivity index (χ4v) is 1.02. The van der Waals surface area contributed by atoms with Crippen LogP contribution in [-0.2, 0) is 0 Å². The van der Waals surface area contributed by atoms with Crippen LogP contribution in [0.2, 0.25) is 0 Å². The van der Waals surface area contributed by atoms with Gasteiger partial charge in [0.25, 0.3) is 0 Å². The molecule has 12 heavy (non-hydrogen) atoms. The minimum Gasteiger partial charge on any atom is -0.508 e. The van der Waals surface area contributed by atoms with Crippen molar-refractivity contribution in [2.45, 2.75) is 6.92 Å². The SMILES string of the molecule is Cc1ccc(C=CCS)cc1O. The average molecular weight is 180 g/mol. The van der Waals surface area contributed by atoms with Gasteiger partial charge in [-0.15, -0.1) is 0 Å². The molecule has 1 nitrogen and oxygen atoms in total. The summed E-state index contributed by atoms with van der Waals surface area (Å²) in [6.45, 7) is 1.88. The number of phenols is 1. The zero-order valence-corrected chi connectivity index (χ0v) is 7.88. The van der Waals surface area contributed by atoms with Crippen LogP contribution in [0.1, 0.15) is 11.1 Å². The lowest BCUT2D eigenvalue weighted by Crippen LogP contribution is -1.76. The van der Waals surface area contributed by atoms with E-state index < -0.39 is 0 Å². The van der Waals surface area contributed by atoms with Crippen molar-refractivity contribution in [3.63, 3.8) is 0 Å². The molecule has 0 bridgehead atoms. The molecule has 0 atom stereocenters. The molecule has 0 heterocycles. The Hall–Kier alpha value is -0.890. The molecular formula is C10H12OS. The number of benzene rings is 1. The van der Waals surface area contributed by atoms with Gasteiger partial charge in [-0.05, 0) is 24.1 Å². The fraction of sp³-hybridized carbons (Fsp3) is 0.200. The van der Waals surface area contributed by atoms with Gasteiger partial charge in [-0.3, -0.25) is 0 Å². The van der Waals surface area contributed by atoms with E-state index in [-0.39, 0.29) is 0 Å². The van der Waals surface area contributed by atoms with Crippen LogP contribution in [0.4, 0.5) is 0 Å². The number of phenolic OH excluding ortho intramolecular Hbond substituents is 1. The Labute approximate surface area is 78.2 Å². The van der Waals surface area contributed by atoms with Crippen LogP contribution in [0.3, 0.4) is 0 Å². The summed E-state index contributed by atoms with van der Waals surface area (Å²) in [4.78, 5) is 0. The van der Waals surface area contributed by atoms with E-state index in [2.05, 4.69) is 12.6 Å². The monoisotopic (exact) mass is 180 g/mol. The first-order valence-corrected chi connectivity index (χ1v) is 4.44. The molecular weight excluding hydrogens is 168 g/mol. The van der Waals surface area contributed by atoms with E-state index >= 15 is 0 Å². The van der Waals surface area contributed by atoms with Gasteiger partial charge in [0.15, 0.2) is 0 Å². The molecule has 0 amide bonds. The van der Waals surface area contributed by atoms with Gasteiger partial charge in [-0.2, -0.15) is 12.6 Å². The Morgan fingerprint density at radius 1 is 1.50 bits per heavy atom. The lowest BCUT2D eigenvalue weighted by molar-refractivity contribution is 0.471. The molecule has 0 aromatic heterocycles. The molecule has 1 aromatic carbocycles. The van der Waals surface area contributed by atoms with Crippen LogP contribution in [0.25, 0.3) is 6.08 Å². The van der Waals surface area contributed by atoms with E-state index in [4.69, 9.17) is 0 Å². The maximum atomic E-state index is 9.35. The van der Waals surface area contributed by atoms with Crippen molar-refractivity contribution in [2.75, 3.05) is 5.75 Å². The summed E-state index contributed by atoms with van der Waals surface area (Å²) in [7, 11) is 0. The number of aryl methyl sites for hydroxylation is 1. The Morgan fingerprint density at radius 3 is 2.83 bits per heavy atom. The lowest BCUT2D eigenvalue weighted by Gasteiger charge is -1.98. The van der Waals surface area contributed by atoms with Crippen LogP contribution in [0, 0.1) is 6.92 Å². The van der Waals surface area contributed by atoms with Crippen LogP contribution < -0.4 is 0 Å². The van der Waals surface area contributed by atoms with Gasteiger partial charge in [0.05, 0.1) is 0 Å². The minimum absolute atomic E-state index is 0.344. The molecule has 0 unspecified atom stereocenters. The zero-order chi connectivity index (χ0) is 8.97. The van der Waals surface area contributed by atoms with Crippen LogP contribution >= 0.6 is 12.6 Å². The molecule has 1 aromatic rings. The molecule has 0 saturated heterocycles. The summed E-state index contributed by atoms with van der Waals surface area (Å²) in [6.07, 6.45) is 3.87. The molecule has 0 aliphatic carbocycles. The van der Waals surface area contributed by atoms with Gasteiger partial charge in [0.2, 0.25) is 0 Å². The molecule has 2 heteroatoms. The largest absolute Gasteiger partial charge is 0.508 e. The summed E-state index contributed by atoms with van der Waals surface area (Å²) in [6, 6.07) is 5.61. The average Bonchev–Trinajstić information content (AvgIpc) is 2.07. The van der Waals surface area contributed by atoms with E-state index in [1.807, 2.05) is 31.2 Å². The molecule has 0 fully saturated rings. The second-order valence-corrected chi connectivity index (χ2v) is 3.00. The quantitative estimate of drug-likeness (QED) is 0.670. The summed E-state index contributed by atoms with van der Waals surface area (Å²) < 4.78 is 0. The van der Waals surface area contributed by atoms with E-state index in [0.717, 1.165) is 11.1 Å². The van der Waals surface area contributed by atoms with Gasteiger partial charge < -0.3 is 5.11 Å². The molecule has 0 saturated carbocycles. The highest BCUT2D eigenvalue weighted by Crippen LogP contribution is 2.18. The molecule has 0 aliphatic heterocycles. The fourth-order valence-electron chi connectivity index (χ4n) is 0.919. The van der Waals surface area contributed by atoms with E-state index in [1.165, 1.54) is 0 Å². The summed E-state index contributed by atoms with van der Waals surface area (Å²) in [5.74, 6) is 1.06. The van der Waals surface area contributed by atoms with Gasteiger partial charge in [-0.1, -0.05) is 24.3 Å². The van der Waals surface area contributed by atoms with Gasteiger partial charge in [0.1, 0.15) is 5.75 Å².